The molecule has 0 saturated heterocycles. The maximum Gasteiger partial charge on any atom is 0.0951 e. The van der Waals surface area contributed by atoms with E-state index in [2.05, 4.69) is 18.8 Å². The Bertz CT molecular complexity index is 368. The molecule has 0 atom stereocenters. The maximum absolute atomic E-state index is 5.96. The summed E-state index contributed by atoms with van der Waals surface area (Å²) in [5, 5.41) is 3.17. The molecule has 0 radical (unpaired) electrons. The van der Waals surface area contributed by atoms with Crippen LogP contribution >= 0.6 is 22.9 Å². The van der Waals surface area contributed by atoms with Gasteiger partial charge in [-0.15, -0.1) is 22.9 Å². The Labute approximate surface area is 119 Å². The molecule has 4 heteroatoms. The SMILES string of the molecule is CC1(C)CCC(OCCc2nc(CCl)cs2)CC1. The molecule has 2 nitrogen and oxygen atoms in total. The molecule has 1 aliphatic carbocycles. The van der Waals surface area contributed by atoms with Crippen LogP contribution < -0.4 is 0 Å². The second-order valence-electron chi connectivity index (χ2n) is 5.85. The fraction of sp³-hybridized carbons (Fsp3) is 0.786. The summed E-state index contributed by atoms with van der Waals surface area (Å²) in [7, 11) is 0. The third kappa shape index (κ3) is 4.22. The van der Waals surface area contributed by atoms with Gasteiger partial charge < -0.3 is 4.74 Å². The Morgan fingerprint density at radius 3 is 2.78 bits per heavy atom. The van der Waals surface area contributed by atoms with Crippen LogP contribution in [0.1, 0.15) is 50.2 Å². The summed E-state index contributed by atoms with van der Waals surface area (Å²) in [6.45, 7) is 5.50. The van der Waals surface area contributed by atoms with E-state index in [0.717, 1.165) is 23.7 Å². The average Bonchev–Trinajstić information content (AvgIpc) is 2.79. The van der Waals surface area contributed by atoms with Gasteiger partial charge >= 0.3 is 0 Å². The van der Waals surface area contributed by atoms with Crippen molar-refractivity contribution in [3.63, 3.8) is 0 Å². The van der Waals surface area contributed by atoms with Crippen molar-refractivity contribution in [3.05, 3.63) is 16.1 Å². The van der Waals surface area contributed by atoms with Crippen molar-refractivity contribution in [1.29, 1.82) is 0 Å². The standard InChI is InChI=1S/C14H22ClNOS/c1-14(2)6-3-12(4-7-14)17-8-5-13-16-11(9-15)10-18-13/h10,12H,3-9H2,1-2H3. The molecule has 0 bridgehead atoms. The first kappa shape index (κ1) is 14.3. The number of aromatic nitrogens is 1. The zero-order valence-corrected chi connectivity index (χ0v) is 12.8. The monoisotopic (exact) mass is 287 g/mol. The second-order valence-corrected chi connectivity index (χ2v) is 7.06. The second kappa shape index (κ2) is 6.36. The van der Waals surface area contributed by atoms with Crippen molar-refractivity contribution >= 4 is 22.9 Å². The third-order valence-electron chi connectivity index (χ3n) is 3.69. The highest BCUT2D eigenvalue weighted by molar-refractivity contribution is 7.09. The number of ether oxygens (including phenoxy) is 1. The first-order valence-corrected chi connectivity index (χ1v) is 8.11. The molecule has 1 saturated carbocycles. The predicted octanol–water partition coefficient (Wildman–Crippen LogP) is 4.41. The minimum absolute atomic E-state index is 0.463. The molecule has 18 heavy (non-hydrogen) atoms. The highest BCUT2D eigenvalue weighted by Gasteiger charge is 2.26. The summed E-state index contributed by atoms with van der Waals surface area (Å²) in [4.78, 5) is 4.44. The molecule has 2 rings (SSSR count). The molecule has 0 amide bonds. The largest absolute Gasteiger partial charge is 0.378 e. The van der Waals surface area contributed by atoms with Gasteiger partial charge in [-0.05, 0) is 31.1 Å². The summed E-state index contributed by atoms with van der Waals surface area (Å²) in [6, 6.07) is 0. The molecule has 1 fully saturated rings. The molecule has 1 heterocycles. The zero-order chi connectivity index (χ0) is 13.0. The quantitative estimate of drug-likeness (QED) is 0.749. The number of hydrogen-bond acceptors (Lipinski definition) is 3. The van der Waals surface area contributed by atoms with Crippen molar-refractivity contribution in [2.45, 2.75) is 57.9 Å². The lowest BCUT2D eigenvalue weighted by Crippen LogP contribution is -2.27. The molecule has 0 aliphatic heterocycles. The molecular weight excluding hydrogens is 266 g/mol. The Morgan fingerprint density at radius 2 is 2.17 bits per heavy atom. The highest BCUT2D eigenvalue weighted by Crippen LogP contribution is 2.36. The maximum atomic E-state index is 5.96. The van der Waals surface area contributed by atoms with Gasteiger partial charge in [0.05, 0.1) is 29.3 Å². The molecule has 102 valence electrons. The number of halogens is 1. The molecule has 0 N–H and O–H groups in total. The lowest BCUT2D eigenvalue weighted by Gasteiger charge is -2.34. The van der Waals surface area contributed by atoms with E-state index in [9.17, 15) is 0 Å². The van der Waals surface area contributed by atoms with E-state index in [1.165, 1.54) is 25.7 Å². The van der Waals surface area contributed by atoms with Crippen molar-refractivity contribution < 1.29 is 4.74 Å². The molecule has 1 aromatic heterocycles. The number of thiazole rings is 1. The predicted molar refractivity (Wildman–Crippen MR) is 77.4 cm³/mol. The first-order valence-electron chi connectivity index (χ1n) is 6.70. The normalized spacial score (nSPS) is 20.2. The van der Waals surface area contributed by atoms with Crippen molar-refractivity contribution in [1.82, 2.24) is 4.98 Å². The molecule has 0 spiro atoms. The van der Waals surface area contributed by atoms with Gasteiger partial charge in [0.25, 0.3) is 0 Å². The van der Waals surface area contributed by atoms with Gasteiger partial charge in [-0.25, -0.2) is 4.98 Å². The fourth-order valence-corrected chi connectivity index (χ4v) is 3.39. The van der Waals surface area contributed by atoms with Crippen molar-refractivity contribution in [3.8, 4) is 0 Å². The topological polar surface area (TPSA) is 22.1 Å². The summed E-state index contributed by atoms with van der Waals surface area (Å²) < 4.78 is 5.96. The van der Waals surface area contributed by atoms with Crippen LogP contribution in [0.25, 0.3) is 0 Å². The summed E-state index contributed by atoms with van der Waals surface area (Å²) in [5.41, 5.74) is 1.50. The van der Waals surface area contributed by atoms with E-state index in [4.69, 9.17) is 16.3 Å². The number of nitrogens with zero attached hydrogens (tertiary/aromatic N) is 1. The third-order valence-corrected chi connectivity index (χ3v) is 4.92. The van der Waals surface area contributed by atoms with Crippen molar-refractivity contribution in [2.24, 2.45) is 5.41 Å². The van der Waals surface area contributed by atoms with E-state index in [-0.39, 0.29) is 0 Å². The molecule has 0 aromatic carbocycles. The van der Waals surface area contributed by atoms with Crippen LogP contribution in [0.15, 0.2) is 5.38 Å². The minimum Gasteiger partial charge on any atom is -0.378 e. The Hall–Kier alpha value is -0.120. The number of hydrogen-bond donors (Lipinski definition) is 0. The van der Waals surface area contributed by atoms with Crippen LogP contribution in [0.5, 0.6) is 0 Å². The van der Waals surface area contributed by atoms with E-state index in [0.29, 0.717) is 17.4 Å². The van der Waals surface area contributed by atoms with Crippen LogP contribution in [0.2, 0.25) is 0 Å². The van der Waals surface area contributed by atoms with Gasteiger partial charge in [-0.2, -0.15) is 0 Å². The Kier molecular flexibility index (Phi) is 5.05. The first-order chi connectivity index (χ1) is 8.59. The van der Waals surface area contributed by atoms with Gasteiger partial charge in [0.1, 0.15) is 0 Å². The zero-order valence-electron chi connectivity index (χ0n) is 11.2. The summed E-state index contributed by atoms with van der Waals surface area (Å²) in [5.74, 6) is 0.509. The summed E-state index contributed by atoms with van der Waals surface area (Å²) >= 11 is 7.42. The van der Waals surface area contributed by atoms with Crippen LogP contribution in [0, 0.1) is 5.41 Å². The fourth-order valence-electron chi connectivity index (χ4n) is 2.38. The number of alkyl halides is 1. The Morgan fingerprint density at radius 1 is 1.44 bits per heavy atom. The van der Waals surface area contributed by atoms with Crippen LogP contribution in [-0.2, 0) is 17.0 Å². The summed E-state index contributed by atoms with van der Waals surface area (Å²) in [6.07, 6.45) is 6.36. The van der Waals surface area contributed by atoms with Gasteiger partial charge in [-0.3, -0.25) is 0 Å². The lowest BCUT2D eigenvalue weighted by molar-refractivity contribution is 0.00587. The van der Waals surface area contributed by atoms with Gasteiger partial charge in [0.2, 0.25) is 0 Å². The van der Waals surface area contributed by atoms with E-state index in [1.54, 1.807) is 11.3 Å². The van der Waals surface area contributed by atoms with E-state index in [1.807, 2.05) is 5.38 Å². The molecule has 1 aromatic rings. The van der Waals surface area contributed by atoms with Gasteiger partial charge in [0.15, 0.2) is 0 Å². The highest BCUT2D eigenvalue weighted by atomic mass is 35.5. The molecule has 0 unspecified atom stereocenters. The lowest BCUT2D eigenvalue weighted by atomic mass is 9.76. The molecule has 1 aliphatic rings. The van der Waals surface area contributed by atoms with Crippen LogP contribution in [0.3, 0.4) is 0 Å². The van der Waals surface area contributed by atoms with Crippen LogP contribution in [-0.4, -0.2) is 17.7 Å². The van der Waals surface area contributed by atoms with Gasteiger partial charge in [0, 0.05) is 11.8 Å². The smallest absolute Gasteiger partial charge is 0.0951 e. The Balaban J connectivity index is 1.67. The van der Waals surface area contributed by atoms with E-state index >= 15 is 0 Å². The molecular formula is C14H22ClNOS. The van der Waals surface area contributed by atoms with Crippen molar-refractivity contribution in [2.75, 3.05) is 6.61 Å². The number of rotatable bonds is 5. The minimum atomic E-state index is 0.463. The average molecular weight is 288 g/mol. The van der Waals surface area contributed by atoms with E-state index < -0.39 is 0 Å². The van der Waals surface area contributed by atoms with Gasteiger partial charge in [-0.1, -0.05) is 13.8 Å². The van der Waals surface area contributed by atoms with Crippen LogP contribution in [0.4, 0.5) is 0 Å².